The maximum atomic E-state index is 15.1. The third kappa shape index (κ3) is 4.91. The van der Waals surface area contributed by atoms with Crippen LogP contribution in [0, 0.1) is 40.4 Å². The van der Waals surface area contributed by atoms with Crippen molar-refractivity contribution in [2.45, 2.75) is 75.4 Å². The number of amides is 3. The van der Waals surface area contributed by atoms with E-state index in [1.807, 2.05) is 6.07 Å². The minimum absolute atomic E-state index is 0.0969. The molecule has 244 valence electrons. The molecule has 2 saturated heterocycles. The van der Waals surface area contributed by atoms with E-state index in [1.54, 1.807) is 12.1 Å². The molecule has 2 N–H and O–H groups in total. The molecule has 0 aromatic carbocycles. The number of aromatic nitrogens is 1. The predicted molar refractivity (Wildman–Crippen MR) is 147 cm³/mol. The number of hydrogen-bond donors (Lipinski definition) is 2. The van der Waals surface area contributed by atoms with Gasteiger partial charge in [0.1, 0.15) is 24.3 Å². The average Bonchev–Trinajstić information content (AvgIpc) is 3.70. The van der Waals surface area contributed by atoms with E-state index in [2.05, 4.69) is 10.3 Å². The molecule has 1 aromatic rings. The first kappa shape index (κ1) is 31.5. The SMILES string of the molecule is CC(C)(C)C(NS(=O)(=O)C(F)(F)F)C(=O)N1CC2C3CC(F)C(C3)C2C1C(=O)N1CC2(CC1C#N)Oc1cccnc1NC2=O. The lowest BCUT2D eigenvalue weighted by molar-refractivity contribution is -0.148. The van der Waals surface area contributed by atoms with Gasteiger partial charge in [-0.1, -0.05) is 20.8 Å². The fourth-order valence-corrected chi connectivity index (χ4v) is 8.81. The number of sulfonamides is 1. The molecule has 45 heavy (non-hydrogen) atoms. The van der Waals surface area contributed by atoms with Gasteiger partial charge in [0, 0.05) is 19.2 Å². The van der Waals surface area contributed by atoms with Gasteiger partial charge in [0.05, 0.1) is 12.6 Å². The Morgan fingerprint density at radius 3 is 2.58 bits per heavy atom. The molecule has 9 atom stereocenters. The molecule has 3 aliphatic heterocycles. The number of pyridine rings is 1. The standard InChI is InChI=1S/C28H32F4N6O6S/c1-26(2,3)21(36-45(42,43)28(30,31)32)24(40)37-11-16-13-7-15(17(29)8-13)19(16)20(37)23(39)38-12-27(9-14(38)10-33)25(41)35-22-18(44-27)5-4-6-34-22/h4-6,13-17,19-21,36H,7-9,11-12H2,1-3H3,(H,34,35,41). The van der Waals surface area contributed by atoms with E-state index >= 15 is 4.39 Å². The van der Waals surface area contributed by atoms with Gasteiger partial charge < -0.3 is 19.9 Å². The van der Waals surface area contributed by atoms with Crippen LogP contribution >= 0.6 is 0 Å². The second-order valence-corrected chi connectivity index (χ2v) is 15.4. The Labute approximate surface area is 256 Å². The smallest absolute Gasteiger partial charge is 0.472 e. The maximum absolute atomic E-state index is 15.1. The number of rotatable bonds is 4. The van der Waals surface area contributed by atoms with Crippen LogP contribution in [-0.2, 0) is 24.4 Å². The molecule has 3 amide bonds. The van der Waals surface area contributed by atoms with Gasteiger partial charge in [-0.15, -0.1) is 0 Å². The highest BCUT2D eigenvalue weighted by atomic mass is 32.2. The van der Waals surface area contributed by atoms with E-state index in [0.29, 0.717) is 6.42 Å². The third-order valence-electron chi connectivity index (χ3n) is 9.98. The summed E-state index contributed by atoms with van der Waals surface area (Å²) in [6.45, 7) is 3.65. The second-order valence-electron chi connectivity index (χ2n) is 13.7. The first-order valence-electron chi connectivity index (χ1n) is 14.6. The van der Waals surface area contributed by atoms with Gasteiger partial charge in [-0.05, 0) is 54.1 Å². The third-order valence-corrected chi connectivity index (χ3v) is 11.1. The molecular formula is C28H32F4N6O6S. The predicted octanol–water partition coefficient (Wildman–Crippen LogP) is 1.95. The molecule has 2 bridgehead atoms. The van der Waals surface area contributed by atoms with Gasteiger partial charge in [0.2, 0.25) is 17.4 Å². The molecule has 17 heteroatoms. The number of carbonyl (C=O) groups excluding carboxylic acids is 3. The van der Waals surface area contributed by atoms with Crippen molar-refractivity contribution in [3.63, 3.8) is 0 Å². The van der Waals surface area contributed by atoms with Gasteiger partial charge in [-0.2, -0.15) is 23.2 Å². The van der Waals surface area contributed by atoms with Crippen LogP contribution in [0.25, 0.3) is 0 Å². The first-order valence-corrected chi connectivity index (χ1v) is 16.1. The summed E-state index contributed by atoms with van der Waals surface area (Å²) in [5.41, 5.74) is -8.75. The summed E-state index contributed by atoms with van der Waals surface area (Å²) < 4.78 is 87.2. The molecule has 1 spiro atoms. The number of carbonyl (C=O) groups is 3. The van der Waals surface area contributed by atoms with E-state index in [-0.39, 0.29) is 42.8 Å². The summed E-state index contributed by atoms with van der Waals surface area (Å²) in [5, 5.41) is 12.7. The number of ether oxygens (including phenoxy) is 1. The fourth-order valence-electron chi connectivity index (χ4n) is 7.91. The van der Waals surface area contributed by atoms with E-state index in [9.17, 15) is 41.2 Å². The molecule has 5 aliphatic rings. The van der Waals surface area contributed by atoms with Crippen molar-refractivity contribution in [3.05, 3.63) is 18.3 Å². The molecule has 2 saturated carbocycles. The summed E-state index contributed by atoms with van der Waals surface area (Å²) in [6.07, 6.45) is 0.632. The Kier molecular flexibility index (Phi) is 7.16. The Balaban J connectivity index is 1.36. The molecule has 0 radical (unpaired) electrons. The highest BCUT2D eigenvalue weighted by molar-refractivity contribution is 7.90. The number of nitriles is 1. The van der Waals surface area contributed by atoms with Crippen molar-refractivity contribution in [2.75, 3.05) is 18.4 Å². The summed E-state index contributed by atoms with van der Waals surface area (Å²) in [6, 6.07) is 0.625. The van der Waals surface area contributed by atoms with Crippen LogP contribution in [0.2, 0.25) is 0 Å². The van der Waals surface area contributed by atoms with E-state index < -0.39 is 86.9 Å². The monoisotopic (exact) mass is 656 g/mol. The minimum Gasteiger partial charge on any atom is -0.472 e. The fraction of sp³-hybridized carbons (Fsp3) is 0.679. The lowest BCUT2D eigenvalue weighted by atomic mass is 9.77. The zero-order chi connectivity index (χ0) is 32.9. The number of halogens is 4. The number of likely N-dealkylation sites (tertiary alicyclic amines) is 2. The topological polar surface area (TPSA) is 162 Å². The van der Waals surface area contributed by atoms with Gasteiger partial charge in [0.15, 0.2) is 11.6 Å². The molecule has 2 aliphatic carbocycles. The highest BCUT2D eigenvalue weighted by Gasteiger charge is 2.65. The Morgan fingerprint density at radius 2 is 1.93 bits per heavy atom. The molecule has 4 fully saturated rings. The first-order chi connectivity index (χ1) is 20.9. The molecular weight excluding hydrogens is 624 g/mol. The van der Waals surface area contributed by atoms with Gasteiger partial charge in [-0.3, -0.25) is 14.4 Å². The maximum Gasteiger partial charge on any atom is 0.511 e. The number of nitrogens with one attached hydrogen (secondary N) is 2. The van der Waals surface area contributed by atoms with Crippen LogP contribution in [0.1, 0.15) is 40.0 Å². The average molecular weight is 657 g/mol. The largest absolute Gasteiger partial charge is 0.511 e. The molecule has 9 unspecified atom stereocenters. The molecule has 4 heterocycles. The lowest BCUT2D eigenvalue weighted by Crippen LogP contribution is -2.61. The normalized spacial score (nSPS) is 34.6. The Morgan fingerprint density at radius 1 is 1.22 bits per heavy atom. The van der Waals surface area contributed by atoms with Crippen molar-refractivity contribution >= 4 is 33.6 Å². The summed E-state index contributed by atoms with van der Waals surface area (Å²) in [5.74, 6) is -3.97. The zero-order valence-electron chi connectivity index (χ0n) is 24.5. The Hall–Kier alpha value is -3.52. The van der Waals surface area contributed by atoms with E-state index in [1.165, 1.54) is 31.7 Å². The highest BCUT2D eigenvalue weighted by Crippen LogP contribution is 2.59. The summed E-state index contributed by atoms with van der Waals surface area (Å²) in [7, 11) is -5.97. The number of hydrogen-bond acceptors (Lipinski definition) is 8. The zero-order valence-corrected chi connectivity index (χ0v) is 25.4. The number of fused-ring (bicyclic) bond motifs is 6. The van der Waals surface area contributed by atoms with Crippen LogP contribution in [0.4, 0.5) is 23.4 Å². The van der Waals surface area contributed by atoms with Crippen molar-refractivity contribution in [2.24, 2.45) is 29.1 Å². The van der Waals surface area contributed by atoms with Gasteiger partial charge in [0.25, 0.3) is 5.91 Å². The second kappa shape index (κ2) is 10.2. The van der Waals surface area contributed by atoms with Crippen molar-refractivity contribution in [3.8, 4) is 11.8 Å². The van der Waals surface area contributed by atoms with Crippen LogP contribution in [0.15, 0.2) is 18.3 Å². The van der Waals surface area contributed by atoms with E-state index in [4.69, 9.17) is 4.74 Å². The lowest BCUT2D eigenvalue weighted by Gasteiger charge is -2.38. The van der Waals surface area contributed by atoms with Crippen LogP contribution in [-0.4, -0.2) is 89.4 Å². The van der Waals surface area contributed by atoms with Gasteiger partial charge >= 0.3 is 15.5 Å². The minimum atomic E-state index is -5.97. The number of anilines is 1. The Bertz CT molecular complexity index is 1590. The van der Waals surface area contributed by atoms with Crippen LogP contribution in [0.5, 0.6) is 5.75 Å². The molecule has 1 aromatic heterocycles. The van der Waals surface area contributed by atoms with Crippen LogP contribution in [0.3, 0.4) is 0 Å². The van der Waals surface area contributed by atoms with Crippen molar-refractivity contribution in [1.29, 1.82) is 5.26 Å². The van der Waals surface area contributed by atoms with E-state index in [0.717, 1.165) is 9.80 Å². The number of nitrogens with zero attached hydrogens (tertiary/aromatic N) is 4. The van der Waals surface area contributed by atoms with Crippen LogP contribution < -0.4 is 14.8 Å². The van der Waals surface area contributed by atoms with Crippen molar-refractivity contribution < 1.29 is 45.1 Å². The summed E-state index contributed by atoms with van der Waals surface area (Å²) >= 11 is 0. The van der Waals surface area contributed by atoms with Gasteiger partial charge in [-0.25, -0.2) is 17.8 Å². The number of alkyl halides is 4. The van der Waals surface area contributed by atoms with Crippen molar-refractivity contribution in [1.82, 2.24) is 19.5 Å². The quantitative estimate of drug-likeness (QED) is 0.465. The molecule has 6 rings (SSSR count). The summed E-state index contributed by atoms with van der Waals surface area (Å²) in [4.78, 5) is 48.1. The molecule has 12 nitrogen and oxygen atoms in total.